The van der Waals surface area contributed by atoms with Gasteiger partial charge >= 0.3 is 0 Å². The summed E-state index contributed by atoms with van der Waals surface area (Å²) >= 11 is 5.70. The molecule has 0 fully saturated rings. The third-order valence-corrected chi connectivity index (χ3v) is 2.56. The summed E-state index contributed by atoms with van der Waals surface area (Å²) in [4.78, 5) is 23.7. The van der Waals surface area contributed by atoms with E-state index in [-0.39, 0.29) is 16.9 Å². The van der Waals surface area contributed by atoms with E-state index in [4.69, 9.17) is 11.6 Å². The molecule has 0 atom stereocenters. The van der Waals surface area contributed by atoms with Crippen LogP contribution in [0.5, 0.6) is 0 Å². The summed E-state index contributed by atoms with van der Waals surface area (Å²) in [5, 5.41) is 2.79. The first-order valence-electron chi connectivity index (χ1n) is 5.32. The number of amides is 1. The van der Waals surface area contributed by atoms with Crippen molar-refractivity contribution in [1.82, 2.24) is 24.8 Å². The van der Waals surface area contributed by atoms with Crippen molar-refractivity contribution in [3.8, 4) is 0 Å². The molecule has 0 aromatic carbocycles. The SMILES string of the molecule is Cc1cc(C(=O)NCc2nccn2C)nc(Cl)n1. The normalized spacial score (nSPS) is 10.4. The van der Waals surface area contributed by atoms with Gasteiger partial charge in [-0.3, -0.25) is 4.79 Å². The van der Waals surface area contributed by atoms with Crippen molar-refractivity contribution in [2.75, 3.05) is 0 Å². The van der Waals surface area contributed by atoms with Crippen molar-refractivity contribution in [3.63, 3.8) is 0 Å². The molecule has 6 nitrogen and oxygen atoms in total. The molecular weight excluding hydrogens is 254 g/mol. The zero-order valence-corrected chi connectivity index (χ0v) is 10.8. The number of nitrogens with one attached hydrogen (secondary N) is 1. The second kappa shape index (κ2) is 5.14. The number of hydrogen-bond donors (Lipinski definition) is 1. The van der Waals surface area contributed by atoms with Gasteiger partial charge in [0.2, 0.25) is 5.28 Å². The van der Waals surface area contributed by atoms with E-state index < -0.39 is 0 Å². The molecule has 1 amide bonds. The fourth-order valence-electron chi connectivity index (χ4n) is 1.47. The molecular formula is C11H12ClN5O. The summed E-state index contributed by atoms with van der Waals surface area (Å²) in [5.41, 5.74) is 0.902. The van der Waals surface area contributed by atoms with Crippen molar-refractivity contribution in [2.45, 2.75) is 13.5 Å². The second-order valence-electron chi connectivity index (χ2n) is 3.80. The highest BCUT2D eigenvalue weighted by atomic mass is 35.5. The van der Waals surface area contributed by atoms with Crippen LogP contribution < -0.4 is 5.32 Å². The van der Waals surface area contributed by atoms with Gasteiger partial charge in [-0.05, 0) is 24.6 Å². The number of rotatable bonds is 3. The van der Waals surface area contributed by atoms with Gasteiger partial charge in [-0.25, -0.2) is 15.0 Å². The Hall–Kier alpha value is -1.95. The van der Waals surface area contributed by atoms with Crippen molar-refractivity contribution < 1.29 is 4.79 Å². The van der Waals surface area contributed by atoms with Crippen molar-refractivity contribution in [2.24, 2.45) is 7.05 Å². The van der Waals surface area contributed by atoms with Crippen LogP contribution in [-0.4, -0.2) is 25.4 Å². The van der Waals surface area contributed by atoms with Gasteiger partial charge in [0.05, 0.1) is 6.54 Å². The largest absolute Gasteiger partial charge is 0.343 e. The molecule has 0 spiro atoms. The molecule has 0 bridgehead atoms. The lowest BCUT2D eigenvalue weighted by Crippen LogP contribution is -2.25. The molecule has 0 saturated heterocycles. The molecule has 0 aliphatic heterocycles. The summed E-state index contributed by atoms with van der Waals surface area (Å²) in [5.74, 6) is 0.464. The van der Waals surface area contributed by atoms with E-state index in [9.17, 15) is 4.79 Å². The quantitative estimate of drug-likeness (QED) is 0.844. The lowest BCUT2D eigenvalue weighted by Gasteiger charge is -2.05. The van der Waals surface area contributed by atoms with E-state index >= 15 is 0 Å². The molecule has 2 aromatic rings. The van der Waals surface area contributed by atoms with E-state index in [1.807, 2.05) is 17.8 Å². The molecule has 0 saturated carbocycles. The predicted octanol–water partition coefficient (Wildman–Crippen LogP) is 1.10. The number of hydrogen-bond acceptors (Lipinski definition) is 4. The van der Waals surface area contributed by atoms with Crippen molar-refractivity contribution in [1.29, 1.82) is 0 Å². The van der Waals surface area contributed by atoms with Crippen LogP contribution in [0.25, 0.3) is 0 Å². The average molecular weight is 266 g/mol. The molecule has 0 aliphatic rings. The van der Waals surface area contributed by atoms with Gasteiger partial charge in [0.1, 0.15) is 11.5 Å². The minimum atomic E-state index is -0.301. The lowest BCUT2D eigenvalue weighted by molar-refractivity contribution is 0.0944. The molecule has 94 valence electrons. The Balaban J connectivity index is 2.06. The maximum atomic E-state index is 11.9. The lowest BCUT2D eigenvalue weighted by atomic mass is 10.3. The number of halogens is 1. The summed E-state index contributed by atoms with van der Waals surface area (Å²) in [6.45, 7) is 2.09. The number of aryl methyl sites for hydroxylation is 2. The van der Waals surface area contributed by atoms with Gasteiger partial charge in [-0.15, -0.1) is 0 Å². The van der Waals surface area contributed by atoms with Crippen LogP contribution in [0, 0.1) is 6.92 Å². The Kier molecular flexibility index (Phi) is 3.57. The number of carbonyl (C=O) groups is 1. The highest BCUT2D eigenvalue weighted by Crippen LogP contribution is 2.05. The Labute approximate surface area is 109 Å². The number of nitrogens with zero attached hydrogens (tertiary/aromatic N) is 4. The van der Waals surface area contributed by atoms with Gasteiger partial charge in [-0.1, -0.05) is 0 Å². The maximum Gasteiger partial charge on any atom is 0.270 e. The van der Waals surface area contributed by atoms with Gasteiger partial charge < -0.3 is 9.88 Å². The van der Waals surface area contributed by atoms with Crippen LogP contribution in [0.2, 0.25) is 5.28 Å². The first-order valence-corrected chi connectivity index (χ1v) is 5.69. The van der Waals surface area contributed by atoms with Gasteiger partial charge in [0.15, 0.2) is 0 Å². The Morgan fingerprint density at radius 3 is 2.89 bits per heavy atom. The standard InChI is InChI=1S/C11H12ClN5O/c1-7-5-8(16-11(12)15-7)10(18)14-6-9-13-3-4-17(9)2/h3-5H,6H2,1-2H3,(H,14,18). The molecule has 2 heterocycles. The summed E-state index contributed by atoms with van der Waals surface area (Å²) in [6, 6.07) is 1.58. The molecule has 2 rings (SSSR count). The highest BCUT2D eigenvalue weighted by Gasteiger charge is 2.10. The van der Waals surface area contributed by atoms with Gasteiger partial charge in [0.25, 0.3) is 5.91 Å². The fraction of sp³-hybridized carbons (Fsp3) is 0.273. The van der Waals surface area contributed by atoms with Gasteiger partial charge in [-0.2, -0.15) is 0 Å². The molecule has 18 heavy (non-hydrogen) atoms. The van der Waals surface area contributed by atoms with Crippen molar-refractivity contribution in [3.05, 3.63) is 41.0 Å². The smallest absolute Gasteiger partial charge is 0.270 e. The minimum Gasteiger partial charge on any atom is -0.343 e. The second-order valence-corrected chi connectivity index (χ2v) is 4.14. The van der Waals surface area contributed by atoms with E-state index in [1.54, 1.807) is 19.2 Å². The summed E-state index contributed by atoms with van der Waals surface area (Å²) in [6.07, 6.45) is 3.49. The molecule has 1 N–H and O–H groups in total. The topological polar surface area (TPSA) is 72.7 Å². The van der Waals surface area contributed by atoms with Crippen LogP contribution in [0.15, 0.2) is 18.5 Å². The van der Waals surface area contributed by atoms with Crippen LogP contribution in [0.4, 0.5) is 0 Å². The average Bonchev–Trinajstić information content (AvgIpc) is 2.70. The highest BCUT2D eigenvalue weighted by molar-refractivity contribution is 6.28. The molecule has 2 aromatic heterocycles. The fourth-order valence-corrected chi connectivity index (χ4v) is 1.69. The monoisotopic (exact) mass is 265 g/mol. The van der Waals surface area contributed by atoms with E-state index in [1.165, 1.54) is 0 Å². The first-order chi connectivity index (χ1) is 8.56. The van der Waals surface area contributed by atoms with Crippen LogP contribution in [0.3, 0.4) is 0 Å². The van der Waals surface area contributed by atoms with E-state index in [2.05, 4.69) is 20.3 Å². The number of aromatic nitrogens is 4. The van der Waals surface area contributed by atoms with E-state index in [0.29, 0.717) is 12.2 Å². The molecule has 0 unspecified atom stereocenters. The van der Waals surface area contributed by atoms with Crippen LogP contribution in [-0.2, 0) is 13.6 Å². The zero-order chi connectivity index (χ0) is 13.1. The van der Waals surface area contributed by atoms with E-state index in [0.717, 1.165) is 5.82 Å². The maximum absolute atomic E-state index is 11.9. The summed E-state index contributed by atoms with van der Waals surface area (Å²) in [7, 11) is 1.86. The number of imidazole rings is 1. The first kappa shape index (κ1) is 12.5. The molecule has 7 heteroatoms. The summed E-state index contributed by atoms with van der Waals surface area (Å²) < 4.78 is 1.83. The predicted molar refractivity (Wildman–Crippen MR) is 66.2 cm³/mol. The number of carbonyl (C=O) groups excluding carboxylic acids is 1. The zero-order valence-electron chi connectivity index (χ0n) is 10.0. The minimum absolute atomic E-state index is 0.0668. The Morgan fingerprint density at radius 2 is 2.28 bits per heavy atom. The Bertz CT molecular complexity index is 560. The molecule has 0 aliphatic carbocycles. The van der Waals surface area contributed by atoms with Crippen LogP contribution >= 0.6 is 11.6 Å². The van der Waals surface area contributed by atoms with Crippen molar-refractivity contribution >= 4 is 17.5 Å². The third-order valence-electron chi connectivity index (χ3n) is 2.39. The van der Waals surface area contributed by atoms with Gasteiger partial charge in [0, 0.05) is 25.1 Å². The Morgan fingerprint density at radius 1 is 1.50 bits per heavy atom. The molecule has 0 radical (unpaired) electrons. The third kappa shape index (κ3) is 2.84. The van der Waals surface area contributed by atoms with Crippen LogP contribution in [0.1, 0.15) is 22.0 Å².